The van der Waals surface area contributed by atoms with Gasteiger partial charge in [-0.2, -0.15) is 0 Å². The Bertz CT molecular complexity index is 416. The van der Waals surface area contributed by atoms with Crippen molar-refractivity contribution in [1.29, 1.82) is 0 Å². The van der Waals surface area contributed by atoms with Gasteiger partial charge in [0.2, 0.25) is 0 Å². The molecule has 2 rings (SSSR count). The Morgan fingerprint density at radius 1 is 1.56 bits per heavy atom. The lowest BCUT2D eigenvalue weighted by Crippen LogP contribution is -2.57. The standard InChI is InChI=1S/C13H20N2O3/c1-9-10(2)15(7-6-14-9)13(16)12-5-4-11(18-12)8-17-3/h4-5,9-10,14H,6-8H2,1-3H3. The van der Waals surface area contributed by atoms with Crippen LogP contribution in [0.1, 0.15) is 30.2 Å². The van der Waals surface area contributed by atoms with E-state index in [-0.39, 0.29) is 11.9 Å². The Labute approximate surface area is 107 Å². The molecule has 2 heterocycles. The van der Waals surface area contributed by atoms with E-state index in [2.05, 4.69) is 12.2 Å². The molecule has 2 unspecified atom stereocenters. The number of hydrogen-bond donors (Lipinski definition) is 1. The first-order valence-electron chi connectivity index (χ1n) is 6.25. The maximum atomic E-state index is 12.3. The van der Waals surface area contributed by atoms with Crippen LogP contribution in [0, 0.1) is 0 Å². The topological polar surface area (TPSA) is 54.7 Å². The predicted octanol–water partition coefficient (Wildman–Crippen LogP) is 1.25. The Hall–Kier alpha value is -1.33. The minimum Gasteiger partial charge on any atom is -0.453 e. The molecule has 0 aliphatic carbocycles. The summed E-state index contributed by atoms with van der Waals surface area (Å²) in [6, 6.07) is 3.97. The van der Waals surface area contributed by atoms with E-state index < -0.39 is 0 Å². The van der Waals surface area contributed by atoms with Crippen LogP contribution in [0.25, 0.3) is 0 Å². The highest BCUT2D eigenvalue weighted by atomic mass is 16.5. The van der Waals surface area contributed by atoms with Gasteiger partial charge in [-0.25, -0.2) is 0 Å². The van der Waals surface area contributed by atoms with Crippen molar-refractivity contribution < 1.29 is 13.9 Å². The molecule has 1 aliphatic heterocycles. The molecule has 5 nitrogen and oxygen atoms in total. The number of methoxy groups -OCH3 is 1. The summed E-state index contributed by atoms with van der Waals surface area (Å²) in [7, 11) is 1.60. The number of carbonyl (C=O) groups excluding carboxylic acids is 1. The van der Waals surface area contributed by atoms with Crippen molar-refractivity contribution in [1.82, 2.24) is 10.2 Å². The van der Waals surface area contributed by atoms with Gasteiger partial charge in [-0.1, -0.05) is 0 Å². The summed E-state index contributed by atoms with van der Waals surface area (Å²) in [6.07, 6.45) is 0. The van der Waals surface area contributed by atoms with Gasteiger partial charge in [0.1, 0.15) is 12.4 Å². The van der Waals surface area contributed by atoms with Crippen LogP contribution in [-0.2, 0) is 11.3 Å². The van der Waals surface area contributed by atoms with Gasteiger partial charge in [0.15, 0.2) is 5.76 Å². The quantitative estimate of drug-likeness (QED) is 0.879. The molecule has 1 aromatic heterocycles. The summed E-state index contributed by atoms with van der Waals surface area (Å²) in [6.45, 7) is 6.06. The van der Waals surface area contributed by atoms with Crippen molar-refractivity contribution in [2.75, 3.05) is 20.2 Å². The van der Waals surface area contributed by atoms with Gasteiger partial charge in [-0.3, -0.25) is 4.79 Å². The molecule has 1 N–H and O–H groups in total. The van der Waals surface area contributed by atoms with Crippen molar-refractivity contribution in [2.24, 2.45) is 0 Å². The van der Waals surface area contributed by atoms with Crippen molar-refractivity contribution >= 4 is 5.91 Å². The molecule has 1 aromatic rings. The molecular formula is C13H20N2O3. The van der Waals surface area contributed by atoms with E-state index in [4.69, 9.17) is 9.15 Å². The number of nitrogens with zero attached hydrogens (tertiary/aromatic N) is 1. The summed E-state index contributed by atoms with van der Waals surface area (Å²) >= 11 is 0. The number of ether oxygens (including phenoxy) is 1. The van der Waals surface area contributed by atoms with E-state index in [1.54, 1.807) is 19.2 Å². The van der Waals surface area contributed by atoms with E-state index in [9.17, 15) is 4.79 Å². The molecular weight excluding hydrogens is 232 g/mol. The first-order chi connectivity index (χ1) is 8.63. The number of rotatable bonds is 3. The van der Waals surface area contributed by atoms with Crippen LogP contribution in [0.2, 0.25) is 0 Å². The van der Waals surface area contributed by atoms with Crippen LogP contribution in [0.3, 0.4) is 0 Å². The second-order valence-electron chi connectivity index (χ2n) is 4.68. The van der Waals surface area contributed by atoms with Gasteiger partial charge < -0.3 is 19.4 Å². The summed E-state index contributed by atoms with van der Waals surface area (Å²) in [5.74, 6) is 1.03. The third kappa shape index (κ3) is 2.57. The number of amides is 1. The van der Waals surface area contributed by atoms with Crippen LogP contribution in [-0.4, -0.2) is 43.1 Å². The average molecular weight is 252 g/mol. The zero-order valence-corrected chi connectivity index (χ0v) is 11.1. The van der Waals surface area contributed by atoms with E-state index >= 15 is 0 Å². The summed E-state index contributed by atoms with van der Waals surface area (Å²) in [5.41, 5.74) is 0. The molecule has 1 aliphatic rings. The molecule has 0 spiro atoms. The maximum absolute atomic E-state index is 12.3. The second-order valence-corrected chi connectivity index (χ2v) is 4.68. The van der Waals surface area contributed by atoms with E-state index in [1.165, 1.54) is 0 Å². The van der Waals surface area contributed by atoms with Crippen LogP contribution >= 0.6 is 0 Å². The SMILES string of the molecule is COCc1ccc(C(=O)N2CCNC(C)C2C)o1. The van der Waals surface area contributed by atoms with E-state index in [0.29, 0.717) is 30.7 Å². The maximum Gasteiger partial charge on any atom is 0.289 e. The fourth-order valence-electron chi connectivity index (χ4n) is 2.20. The Morgan fingerprint density at radius 2 is 2.33 bits per heavy atom. The Balaban J connectivity index is 2.09. The van der Waals surface area contributed by atoms with E-state index in [0.717, 1.165) is 6.54 Å². The molecule has 0 radical (unpaired) electrons. The zero-order valence-electron chi connectivity index (χ0n) is 11.1. The fraction of sp³-hybridized carbons (Fsp3) is 0.615. The summed E-state index contributed by atoms with van der Waals surface area (Å²) < 4.78 is 10.5. The molecule has 2 atom stereocenters. The normalized spacial score (nSPS) is 24.3. The van der Waals surface area contributed by atoms with Gasteiger partial charge in [0.25, 0.3) is 5.91 Å². The van der Waals surface area contributed by atoms with Crippen LogP contribution in [0.15, 0.2) is 16.5 Å². The molecule has 0 bridgehead atoms. The monoisotopic (exact) mass is 252 g/mol. The lowest BCUT2D eigenvalue weighted by atomic mass is 10.1. The lowest BCUT2D eigenvalue weighted by molar-refractivity contribution is 0.0564. The third-order valence-corrected chi connectivity index (χ3v) is 3.45. The van der Waals surface area contributed by atoms with Crippen LogP contribution < -0.4 is 5.32 Å². The number of nitrogens with one attached hydrogen (secondary N) is 1. The van der Waals surface area contributed by atoms with Crippen molar-refractivity contribution in [3.8, 4) is 0 Å². The first-order valence-corrected chi connectivity index (χ1v) is 6.25. The Kier molecular flexibility index (Phi) is 4.04. The van der Waals surface area contributed by atoms with Gasteiger partial charge in [-0.05, 0) is 26.0 Å². The van der Waals surface area contributed by atoms with Gasteiger partial charge in [0, 0.05) is 32.3 Å². The van der Waals surface area contributed by atoms with Gasteiger partial charge in [-0.15, -0.1) is 0 Å². The smallest absolute Gasteiger partial charge is 0.289 e. The van der Waals surface area contributed by atoms with Crippen LogP contribution in [0.5, 0.6) is 0 Å². The number of hydrogen-bond acceptors (Lipinski definition) is 4. The average Bonchev–Trinajstić information content (AvgIpc) is 2.81. The molecule has 1 saturated heterocycles. The number of carbonyl (C=O) groups is 1. The summed E-state index contributed by atoms with van der Waals surface area (Å²) in [4.78, 5) is 14.2. The first kappa shape index (κ1) is 13.1. The van der Waals surface area contributed by atoms with Gasteiger partial charge >= 0.3 is 0 Å². The van der Waals surface area contributed by atoms with Gasteiger partial charge in [0.05, 0.1) is 0 Å². The molecule has 5 heteroatoms. The number of furan rings is 1. The van der Waals surface area contributed by atoms with E-state index in [1.807, 2.05) is 11.8 Å². The second kappa shape index (κ2) is 5.54. The number of piperazine rings is 1. The highest BCUT2D eigenvalue weighted by Crippen LogP contribution is 2.16. The highest BCUT2D eigenvalue weighted by molar-refractivity contribution is 5.91. The molecule has 0 aromatic carbocycles. The van der Waals surface area contributed by atoms with Crippen molar-refractivity contribution in [3.05, 3.63) is 23.7 Å². The third-order valence-electron chi connectivity index (χ3n) is 3.45. The van der Waals surface area contributed by atoms with Crippen LogP contribution in [0.4, 0.5) is 0 Å². The molecule has 1 amide bonds. The molecule has 18 heavy (non-hydrogen) atoms. The molecule has 100 valence electrons. The Morgan fingerprint density at radius 3 is 3.06 bits per heavy atom. The molecule has 1 fully saturated rings. The molecule has 0 saturated carbocycles. The predicted molar refractivity (Wildman–Crippen MR) is 67.4 cm³/mol. The van der Waals surface area contributed by atoms with Crippen molar-refractivity contribution in [3.63, 3.8) is 0 Å². The zero-order chi connectivity index (χ0) is 13.1. The largest absolute Gasteiger partial charge is 0.453 e. The summed E-state index contributed by atoms with van der Waals surface area (Å²) in [5, 5.41) is 3.35. The minimum absolute atomic E-state index is 0.0433. The van der Waals surface area contributed by atoms with Crippen molar-refractivity contribution in [2.45, 2.75) is 32.5 Å². The fourth-order valence-corrected chi connectivity index (χ4v) is 2.20. The lowest BCUT2D eigenvalue weighted by Gasteiger charge is -2.38. The minimum atomic E-state index is -0.0433. The highest BCUT2D eigenvalue weighted by Gasteiger charge is 2.30.